The van der Waals surface area contributed by atoms with Crippen LogP contribution in [0.15, 0.2) is 36.4 Å². The van der Waals surface area contributed by atoms with Crippen molar-refractivity contribution < 1.29 is 14.9 Å². The van der Waals surface area contributed by atoms with Gasteiger partial charge in [0.15, 0.2) is 11.8 Å². The molecule has 19 heavy (non-hydrogen) atoms. The average molecular weight is 260 g/mol. The second-order valence-corrected chi connectivity index (χ2v) is 4.50. The van der Waals surface area contributed by atoms with E-state index in [2.05, 4.69) is 4.90 Å². The number of anilines is 1. The molecule has 0 atom stereocenters. The molecule has 2 aromatic rings. The minimum absolute atomic E-state index is 0.0247. The van der Waals surface area contributed by atoms with Crippen LogP contribution in [0.5, 0.6) is 11.8 Å². The third-order valence-corrected chi connectivity index (χ3v) is 3.32. The predicted molar refractivity (Wildman–Crippen MR) is 72.1 cm³/mol. The summed E-state index contributed by atoms with van der Waals surface area (Å²) in [6, 6.07) is 10.7. The molecular weight excluding hydrogens is 244 g/mol. The zero-order valence-electron chi connectivity index (χ0n) is 10.5. The molecule has 5 nitrogen and oxygen atoms in total. The average Bonchev–Trinajstić information content (AvgIpc) is 2.79. The Labute approximate surface area is 111 Å². The molecule has 100 valence electrons. The lowest BCUT2D eigenvalue weighted by Crippen LogP contribution is -2.36. The molecule has 1 aromatic carbocycles. The Morgan fingerprint density at radius 3 is 1.89 bits per heavy atom. The van der Waals surface area contributed by atoms with E-state index in [0.717, 1.165) is 37.7 Å². The van der Waals surface area contributed by atoms with Crippen LogP contribution in [0.4, 0.5) is 5.69 Å². The zero-order valence-corrected chi connectivity index (χ0v) is 10.5. The molecule has 2 heterocycles. The van der Waals surface area contributed by atoms with Crippen LogP contribution in [0.1, 0.15) is 0 Å². The molecule has 1 aliphatic heterocycles. The molecule has 1 saturated heterocycles. The van der Waals surface area contributed by atoms with Crippen molar-refractivity contribution in [2.75, 3.05) is 31.2 Å². The van der Waals surface area contributed by atoms with Crippen LogP contribution in [0, 0.1) is 0 Å². The van der Waals surface area contributed by atoms with Crippen LogP contribution in [-0.4, -0.2) is 41.1 Å². The number of morpholine rings is 1. The van der Waals surface area contributed by atoms with Gasteiger partial charge in [-0.1, -0.05) is 0 Å². The maximum absolute atomic E-state index is 9.68. The van der Waals surface area contributed by atoms with Crippen molar-refractivity contribution in [2.45, 2.75) is 0 Å². The summed E-state index contributed by atoms with van der Waals surface area (Å²) in [5.74, 6) is 0.0493. The van der Waals surface area contributed by atoms with Gasteiger partial charge in [-0.05, 0) is 24.3 Å². The largest absolute Gasteiger partial charge is 0.494 e. The Hall–Kier alpha value is -2.14. The van der Waals surface area contributed by atoms with Gasteiger partial charge in [0, 0.05) is 30.9 Å². The van der Waals surface area contributed by atoms with E-state index < -0.39 is 0 Å². The first-order valence-corrected chi connectivity index (χ1v) is 6.28. The van der Waals surface area contributed by atoms with E-state index in [4.69, 9.17) is 4.74 Å². The molecule has 3 rings (SSSR count). The van der Waals surface area contributed by atoms with Crippen LogP contribution in [0.2, 0.25) is 0 Å². The maximum atomic E-state index is 9.68. The molecule has 0 spiro atoms. The Bertz CT molecular complexity index is 537. The molecule has 0 unspecified atom stereocenters. The highest BCUT2D eigenvalue weighted by molar-refractivity contribution is 5.53. The van der Waals surface area contributed by atoms with Crippen LogP contribution < -0.4 is 4.90 Å². The summed E-state index contributed by atoms with van der Waals surface area (Å²) < 4.78 is 6.72. The van der Waals surface area contributed by atoms with Crippen molar-refractivity contribution in [1.29, 1.82) is 0 Å². The standard InChI is InChI=1S/C14H16N2O3/c17-13-5-6-14(18)16(13)12-3-1-11(2-4-12)15-7-9-19-10-8-15/h1-6,17-18H,7-10H2. The second kappa shape index (κ2) is 4.85. The van der Waals surface area contributed by atoms with Gasteiger partial charge in [0.2, 0.25) is 0 Å². The molecule has 0 aliphatic carbocycles. The molecule has 1 aliphatic rings. The van der Waals surface area contributed by atoms with Crippen molar-refractivity contribution in [3.63, 3.8) is 0 Å². The van der Waals surface area contributed by atoms with Gasteiger partial charge in [-0.2, -0.15) is 0 Å². The van der Waals surface area contributed by atoms with Crippen LogP contribution >= 0.6 is 0 Å². The van der Waals surface area contributed by atoms with E-state index >= 15 is 0 Å². The van der Waals surface area contributed by atoms with Crippen molar-refractivity contribution in [3.05, 3.63) is 36.4 Å². The molecule has 5 heteroatoms. The van der Waals surface area contributed by atoms with E-state index in [-0.39, 0.29) is 11.8 Å². The smallest absolute Gasteiger partial charge is 0.198 e. The van der Waals surface area contributed by atoms with E-state index in [0.29, 0.717) is 0 Å². The Kier molecular flexibility index (Phi) is 3.05. The van der Waals surface area contributed by atoms with E-state index in [1.54, 1.807) is 0 Å². The highest BCUT2D eigenvalue weighted by Gasteiger charge is 2.12. The molecule has 0 saturated carbocycles. The normalized spacial score (nSPS) is 15.7. The summed E-state index contributed by atoms with van der Waals surface area (Å²) in [4.78, 5) is 2.25. The van der Waals surface area contributed by atoms with Gasteiger partial charge < -0.3 is 19.8 Å². The number of hydrogen-bond acceptors (Lipinski definition) is 4. The van der Waals surface area contributed by atoms with Crippen molar-refractivity contribution in [1.82, 2.24) is 4.57 Å². The highest BCUT2D eigenvalue weighted by atomic mass is 16.5. The van der Waals surface area contributed by atoms with Gasteiger partial charge in [-0.3, -0.25) is 4.57 Å². The summed E-state index contributed by atoms with van der Waals surface area (Å²) in [6.45, 7) is 3.28. The zero-order chi connectivity index (χ0) is 13.2. The fraction of sp³-hybridized carbons (Fsp3) is 0.286. The van der Waals surface area contributed by atoms with Gasteiger partial charge in [0.25, 0.3) is 0 Å². The SMILES string of the molecule is Oc1ccc(O)n1-c1ccc(N2CCOCC2)cc1. The molecule has 2 N–H and O–H groups in total. The number of aromatic hydroxyl groups is 2. The van der Waals surface area contributed by atoms with E-state index in [1.807, 2.05) is 24.3 Å². The lowest BCUT2D eigenvalue weighted by Gasteiger charge is -2.29. The number of ether oxygens (including phenoxy) is 1. The van der Waals surface area contributed by atoms with Gasteiger partial charge in [-0.25, -0.2) is 0 Å². The minimum atomic E-state index is 0.0247. The van der Waals surface area contributed by atoms with Crippen molar-refractivity contribution >= 4 is 5.69 Å². The topological polar surface area (TPSA) is 57.9 Å². The van der Waals surface area contributed by atoms with Crippen molar-refractivity contribution in [3.8, 4) is 17.4 Å². The molecule has 1 fully saturated rings. The maximum Gasteiger partial charge on any atom is 0.198 e. The third-order valence-electron chi connectivity index (χ3n) is 3.32. The van der Waals surface area contributed by atoms with Crippen molar-refractivity contribution in [2.24, 2.45) is 0 Å². The molecule has 0 amide bonds. The fourth-order valence-corrected chi connectivity index (χ4v) is 2.31. The first-order chi connectivity index (χ1) is 9.25. The third kappa shape index (κ3) is 2.24. The minimum Gasteiger partial charge on any atom is -0.494 e. The Morgan fingerprint density at radius 2 is 1.32 bits per heavy atom. The summed E-state index contributed by atoms with van der Waals surface area (Å²) >= 11 is 0. The molecule has 0 radical (unpaired) electrons. The molecule has 0 bridgehead atoms. The number of nitrogens with zero attached hydrogens (tertiary/aromatic N) is 2. The predicted octanol–water partition coefficient (Wildman–Crippen LogP) is 1.73. The quantitative estimate of drug-likeness (QED) is 0.863. The molecular formula is C14H16N2O3. The summed E-state index contributed by atoms with van der Waals surface area (Å²) in [5.41, 5.74) is 1.86. The number of aromatic nitrogens is 1. The summed E-state index contributed by atoms with van der Waals surface area (Å²) in [6.07, 6.45) is 0. The number of rotatable bonds is 2. The van der Waals surface area contributed by atoms with E-state index in [1.165, 1.54) is 16.7 Å². The van der Waals surface area contributed by atoms with Crippen LogP contribution in [0.3, 0.4) is 0 Å². The van der Waals surface area contributed by atoms with Crippen LogP contribution in [0.25, 0.3) is 5.69 Å². The first-order valence-electron chi connectivity index (χ1n) is 6.28. The van der Waals surface area contributed by atoms with Gasteiger partial charge in [-0.15, -0.1) is 0 Å². The Morgan fingerprint density at radius 1 is 0.789 bits per heavy atom. The number of benzene rings is 1. The summed E-state index contributed by atoms with van der Waals surface area (Å²) in [7, 11) is 0. The summed E-state index contributed by atoms with van der Waals surface area (Å²) in [5, 5.41) is 19.4. The monoisotopic (exact) mass is 260 g/mol. The van der Waals surface area contributed by atoms with Crippen LogP contribution in [-0.2, 0) is 4.74 Å². The lowest BCUT2D eigenvalue weighted by molar-refractivity contribution is 0.122. The first kappa shape index (κ1) is 11.9. The van der Waals surface area contributed by atoms with Gasteiger partial charge >= 0.3 is 0 Å². The van der Waals surface area contributed by atoms with Gasteiger partial charge in [0.1, 0.15) is 0 Å². The van der Waals surface area contributed by atoms with E-state index in [9.17, 15) is 10.2 Å². The lowest BCUT2D eigenvalue weighted by atomic mass is 10.2. The number of hydrogen-bond donors (Lipinski definition) is 2. The highest BCUT2D eigenvalue weighted by Crippen LogP contribution is 2.28. The fourth-order valence-electron chi connectivity index (χ4n) is 2.31. The van der Waals surface area contributed by atoms with Gasteiger partial charge in [0.05, 0.1) is 18.9 Å². The molecule has 1 aromatic heterocycles. The second-order valence-electron chi connectivity index (χ2n) is 4.50. The Balaban J connectivity index is 1.86.